The lowest BCUT2D eigenvalue weighted by Gasteiger charge is -2.10. The van der Waals surface area contributed by atoms with Crippen molar-refractivity contribution in [1.82, 2.24) is 21.7 Å². The maximum Gasteiger partial charge on any atom is 0.269 e. The van der Waals surface area contributed by atoms with Crippen LogP contribution in [0, 0.1) is 0 Å². The molecule has 3 aromatic carbocycles. The Morgan fingerprint density at radius 3 is 1.14 bits per heavy atom. The van der Waals surface area contributed by atoms with Crippen LogP contribution in [0.15, 0.2) is 60.7 Å². The molecule has 12 nitrogen and oxygen atoms in total. The molecule has 3 aromatic rings. The summed E-state index contributed by atoms with van der Waals surface area (Å²) >= 11 is 0. The van der Waals surface area contributed by atoms with Crippen LogP contribution in [0.2, 0.25) is 0 Å². The summed E-state index contributed by atoms with van der Waals surface area (Å²) in [5.41, 5.74) is 10.2. The third-order valence-electron chi connectivity index (χ3n) is 5.26. The van der Waals surface area contributed by atoms with E-state index in [1.165, 1.54) is 48.5 Å². The minimum absolute atomic E-state index is 0.0808. The molecule has 0 saturated carbocycles. The van der Waals surface area contributed by atoms with Crippen molar-refractivity contribution >= 4 is 23.6 Å². The maximum absolute atomic E-state index is 12.4. The number of rotatable bonds is 4. The van der Waals surface area contributed by atoms with Crippen LogP contribution in [0.4, 0.5) is 0 Å². The molecule has 0 radical (unpaired) electrons. The Balaban J connectivity index is 1.12. The number of ether oxygens (including phenoxy) is 4. The Morgan fingerprint density at radius 2 is 0.750 bits per heavy atom. The number of benzene rings is 3. The summed E-state index contributed by atoms with van der Waals surface area (Å²) in [4.78, 5) is 49.3. The highest BCUT2D eigenvalue weighted by Gasteiger charge is 2.18. The molecule has 182 valence electrons. The second-order valence-corrected chi connectivity index (χ2v) is 7.53. The molecule has 4 N–H and O–H groups in total. The third-order valence-corrected chi connectivity index (χ3v) is 5.26. The highest BCUT2D eigenvalue weighted by molar-refractivity contribution is 6.01. The third kappa shape index (κ3) is 4.68. The minimum Gasteiger partial charge on any atom is -0.454 e. The number of carbonyl (C=O) groups is 4. The quantitative estimate of drug-likeness (QED) is 0.399. The standard InChI is InChI=1S/C24H18N4O8/c29-21(25-27-23(31)15-5-7-17-19(9-15)35-11-33-17)13-1-2-14(4-3-13)22(30)26-28-24(32)16-6-8-18-20(10-16)36-12-34-18/h1-10H,11-12H2,(H,25,29)(H,26,30)(H,27,31)(H,28,32). The monoisotopic (exact) mass is 490 g/mol. The summed E-state index contributed by atoms with van der Waals surface area (Å²) in [7, 11) is 0. The smallest absolute Gasteiger partial charge is 0.269 e. The van der Waals surface area contributed by atoms with Gasteiger partial charge in [-0.2, -0.15) is 0 Å². The first-order valence-corrected chi connectivity index (χ1v) is 10.6. The second kappa shape index (κ2) is 9.54. The van der Waals surface area contributed by atoms with E-state index in [-0.39, 0.29) is 35.8 Å². The van der Waals surface area contributed by atoms with E-state index in [1.807, 2.05) is 0 Å². The molecule has 2 heterocycles. The number of carbonyl (C=O) groups excluding carboxylic acids is 4. The molecular formula is C24H18N4O8. The van der Waals surface area contributed by atoms with Crippen molar-refractivity contribution in [2.75, 3.05) is 13.6 Å². The first-order chi connectivity index (χ1) is 17.5. The van der Waals surface area contributed by atoms with Gasteiger partial charge in [0.2, 0.25) is 13.6 Å². The Labute approximate surface area is 203 Å². The summed E-state index contributed by atoms with van der Waals surface area (Å²) in [5, 5.41) is 0. The van der Waals surface area contributed by atoms with E-state index < -0.39 is 23.6 Å². The minimum atomic E-state index is -0.591. The molecular weight excluding hydrogens is 472 g/mol. The largest absolute Gasteiger partial charge is 0.454 e. The average molecular weight is 490 g/mol. The predicted octanol–water partition coefficient (Wildman–Crippen LogP) is 1.29. The van der Waals surface area contributed by atoms with Crippen LogP contribution < -0.4 is 40.7 Å². The van der Waals surface area contributed by atoms with Crippen molar-refractivity contribution in [2.24, 2.45) is 0 Å². The zero-order valence-electron chi connectivity index (χ0n) is 18.5. The fourth-order valence-corrected chi connectivity index (χ4v) is 3.36. The van der Waals surface area contributed by atoms with Crippen LogP contribution in [0.3, 0.4) is 0 Å². The van der Waals surface area contributed by atoms with E-state index in [2.05, 4.69) is 21.7 Å². The highest BCUT2D eigenvalue weighted by atomic mass is 16.7. The molecule has 0 aromatic heterocycles. The summed E-state index contributed by atoms with van der Waals surface area (Å²) in [6, 6.07) is 14.9. The van der Waals surface area contributed by atoms with Gasteiger partial charge in [0, 0.05) is 22.3 Å². The summed E-state index contributed by atoms with van der Waals surface area (Å²) < 4.78 is 20.8. The van der Waals surface area contributed by atoms with Crippen LogP contribution in [0.25, 0.3) is 0 Å². The Kier molecular flexibility index (Phi) is 5.97. The van der Waals surface area contributed by atoms with Crippen molar-refractivity contribution < 1.29 is 38.1 Å². The molecule has 0 bridgehead atoms. The fraction of sp³-hybridized carbons (Fsp3) is 0.0833. The number of fused-ring (bicyclic) bond motifs is 2. The van der Waals surface area contributed by atoms with Crippen molar-refractivity contribution in [1.29, 1.82) is 0 Å². The van der Waals surface area contributed by atoms with Crippen LogP contribution in [0.1, 0.15) is 41.4 Å². The van der Waals surface area contributed by atoms with Crippen LogP contribution in [-0.2, 0) is 0 Å². The molecule has 2 aliphatic heterocycles. The normalized spacial score (nSPS) is 12.4. The fourth-order valence-electron chi connectivity index (χ4n) is 3.36. The van der Waals surface area contributed by atoms with E-state index in [0.717, 1.165) is 0 Å². The van der Waals surface area contributed by atoms with Gasteiger partial charge in [0.1, 0.15) is 0 Å². The van der Waals surface area contributed by atoms with Gasteiger partial charge in [0.15, 0.2) is 23.0 Å². The van der Waals surface area contributed by atoms with Crippen LogP contribution in [0.5, 0.6) is 23.0 Å². The summed E-state index contributed by atoms with van der Waals surface area (Å²) in [5.74, 6) is -0.324. The van der Waals surface area contributed by atoms with Gasteiger partial charge in [0.25, 0.3) is 23.6 Å². The molecule has 0 fully saturated rings. The summed E-state index contributed by atoms with van der Waals surface area (Å²) in [6.45, 7) is 0.162. The maximum atomic E-state index is 12.4. The molecule has 0 saturated heterocycles. The topological polar surface area (TPSA) is 153 Å². The van der Waals surface area contributed by atoms with Gasteiger partial charge in [-0.3, -0.25) is 40.9 Å². The number of amides is 4. The van der Waals surface area contributed by atoms with E-state index in [9.17, 15) is 19.2 Å². The molecule has 5 rings (SSSR count). The van der Waals surface area contributed by atoms with Gasteiger partial charge < -0.3 is 18.9 Å². The number of hydrogen-bond donors (Lipinski definition) is 4. The zero-order chi connectivity index (χ0) is 25.1. The van der Waals surface area contributed by atoms with Crippen LogP contribution >= 0.6 is 0 Å². The highest BCUT2D eigenvalue weighted by Crippen LogP contribution is 2.33. The molecule has 0 spiro atoms. The van der Waals surface area contributed by atoms with Gasteiger partial charge in [-0.25, -0.2) is 0 Å². The SMILES string of the molecule is O=C(NNC(=O)c1ccc2c(c1)OCO2)c1ccc(C(=O)NNC(=O)c2ccc3c(c2)OCO3)cc1. The number of hydrogen-bond acceptors (Lipinski definition) is 8. The van der Waals surface area contributed by atoms with Gasteiger partial charge >= 0.3 is 0 Å². The molecule has 2 aliphatic rings. The second-order valence-electron chi connectivity index (χ2n) is 7.53. The molecule has 36 heavy (non-hydrogen) atoms. The first-order valence-electron chi connectivity index (χ1n) is 10.6. The molecule has 12 heteroatoms. The van der Waals surface area contributed by atoms with Crippen molar-refractivity contribution in [2.45, 2.75) is 0 Å². The zero-order valence-corrected chi connectivity index (χ0v) is 18.5. The first kappa shape index (κ1) is 22.5. The lowest BCUT2D eigenvalue weighted by molar-refractivity contribution is 0.0844. The van der Waals surface area contributed by atoms with Crippen molar-refractivity contribution in [3.05, 3.63) is 82.9 Å². The lowest BCUT2D eigenvalue weighted by Crippen LogP contribution is -2.42. The Bertz CT molecular complexity index is 1270. The molecule has 0 atom stereocenters. The number of nitrogens with one attached hydrogen (secondary N) is 4. The van der Waals surface area contributed by atoms with Gasteiger partial charge in [0.05, 0.1) is 0 Å². The molecule has 0 unspecified atom stereocenters. The van der Waals surface area contributed by atoms with Crippen molar-refractivity contribution in [3.8, 4) is 23.0 Å². The van der Waals surface area contributed by atoms with E-state index in [1.54, 1.807) is 12.1 Å². The van der Waals surface area contributed by atoms with Gasteiger partial charge in [-0.05, 0) is 60.7 Å². The summed E-state index contributed by atoms with van der Waals surface area (Å²) in [6.07, 6.45) is 0. The number of hydrazine groups is 2. The van der Waals surface area contributed by atoms with Gasteiger partial charge in [-0.1, -0.05) is 0 Å². The average Bonchev–Trinajstić information content (AvgIpc) is 3.58. The van der Waals surface area contributed by atoms with Gasteiger partial charge in [-0.15, -0.1) is 0 Å². The Morgan fingerprint density at radius 1 is 0.444 bits per heavy atom. The van der Waals surface area contributed by atoms with E-state index in [4.69, 9.17) is 18.9 Å². The van der Waals surface area contributed by atoms with E-state index >= 15 is 0 Å². The molecule has 4 amide bonds. The molecule has 0 aliphatic carbocycles. The van der Waals surface area contributed by atoms with Crippen molar-refractivity contribution in [3.63, 3.8) is 0 Å². The van der Waals surface area contributed by atoms with Crippen LogP contribution in [-0.4, -0.2) is 37.2 Å². The predicted molar refractivity (Wildman–Crippen MR) is 121 cm³/mol. The van der Waals surface area contributed by atoms with E-state index in [0.29, 0.717) is 23.0 Å². The lowest BCUT2D eigenvalue weighted by atomic mass is 10.1. The Hall–Kier alpha value is -5.26.